The van der Waals surface area contributed by atoms with Crippen molar-refractivity contribution in [2.24, 2.45) is 0 Å². The Morgan fingerprint density at radius 3 is 2.52 bits per heavy atom. The van der Waals surface area contributed by atoms with E-state index in [0.717, 1.165) is 19.3 Å². The SMILES string of the molecule is COc1ccc(NC(=O)COC(=O)c2cnc(C)cn2)cc1S(=O)(=O)N1CCCCC1. The lowest BCUT2D eigenvalue weighted by atomic mass is 10.2. The molecule has 1 amide bonds. The number of nitrogens with zero attached hydrogens (tertiary/aromatic N) is 3. The van der Waals surface area contributed by atoms with Gasteiger partial charge in [-0.1, -0.05) is 6.42 Å². The molecule has 1 aliphatic heterocycles. The second kappa shape index (κ2) is 9.84. The molecule has 1 aromatic carbocycles. The number of hydrogen-bond acceptors (Lipinski definition) is 8. The average Bonchev–Trinajstić information content (AvgIpc) is 2.78. The molecule has 1 saturated heterocycles. The molecule has 31 heavy (non-hydrogen) atoms. The van der Waals surface area contributed by atoms with E-state index in [-0.39, 0.29) is 22.0 Å². The molecule has 0 saturated carbocycles. The zero-order valence-corrected chi connectivity index (χ0v) is 18.1. The second-order valence-corrected chi connectivity index (χ2v) is 8.90. The summed E-state index contributed by atoms with van der Waals surface area (Å²) >= 11 is 0. The van der Waals surface area contributed by atoms with Gasteiger partial charge in [-0.2, -0.15) is 4.31 Å². The van der Waals surface area contributed by atoms with Crippen LogP contribution >= 0.6 is 0 Å². The summed E-state index contributed by atoms with van der Waals surface area (Å²) in [6.07, 6.45) is 5.27. The normalized spacial score (nSPS) is 14.6. The molecule has 0 radical (unpaired) electrons. The van der Waals surface area contributed by atoms with E-state index in [9.17, 15) is 18.0 Å². The van der Waals surface area contributed by atoms with E-state index < -0.39 is 28.5 Å². The molecule has 11 heteroatoms. The molecule has 2 aromatic rings. The van der Waals surface area contributed by atoms with Gasteiger partial charge >= 0.3 is 5.97 Å². The summed E-state index contributed by atoms with van der Waals surface area (Å²) in [5, 5.41) is 2.53. The number of anilines is 1. The van der Waals surface area contributed by atoms with Crippen LogP contribution in [0.15, 0.2) is 35.5 Å². The molecule has 0 atom stereocenters. The van der Waals surface area contributed by atoms with E-state index in [2.05, 4.69) is 15.3 Å². The monoisotopic (exact) mass is 448 g/mol. The molecule has 0 unspecified atom stereocenters. The molecule has 1 aliphatic rings. The number of sulfonamides is 1. The van der Waals surface area contributed by atoms with Crippen molar-refractivity contribution in [2.45, 2.75) is 31.1 Å². The van der Waals surface area contributed by atoms with Crippen molar-refractivity contribution in [2.75, 3.05) is 32.1 Å². The van der Waals surface area contributed by atoms with Crippen molar-refractivity contribution in [3.8, 4) is 5.75 Å². The Labute approximate surface area is 180 Å². The van der Waals surface area contributed by atoms with Crippen LogP contribution in [0, 0.1) is 6.92 Å². The minimum absolute atomic E-state index is 0.0160. The highest BCUT2D eigenvalue weighted by atomic mass is 32.2. The first-order valence-electron chi connectivity index (χ1n) is 9.75. The van der Waals surface area contributed by atoms with E-state index in [1.807, 2.05) is 0 Å². The van der Waals surface area contributed by atoms with Crippen LogP contribution in [-0.4, -0.2) is 61.4 Å². The van der Waals surface area contributed by atoms with Crippen LogP contribution in [0.1, 0.15) is 35.4 Å². The Morgan fingerprint density at radius 2 is 1.87 bits per heavy atom. The number of carbonyl (C=O) groups excluding carboxylic acids is 2. The van der Waals surface area contributed by atoms with Gasteiger partial charge in [0.05, 0.1) is 19.0 Å². The molecule has 0 bridgehead atoms. The Morgan fingerprint density at radius 1 is 1.13 bits per heavy atom. The number of ether oxygens (including phenoxy) is 2. The van der Waals surface area contributed by atoms with Gasteiger partial charge in [-0.15, -0.1) is 0 Å². The van der Waals surface area contributed by atoms with Crippen LogP contribution < -0.4 is 10.1 Å². The van der Waals surface area contributed by atoms with Crippen molar-refractivity contribution in [3.05, 3.63) is 42.0 Å². The first-order chi connectivity index (χ1) is 14.8. The van der Waals surface area contributed by atoms with Gasteiger partial charge in [-0.05, 0) is 38.0 Å². The van der Waals surface area contributed by atoms with E-state index in [0.29, 0.717) is 18.8 Å². The predicted octanol–water partition coefficient (Wildman–Crippen LogP) is 1.76. The summed E-state index contributed by atoms with van der Waals surface area (Å²) in [5.41, 5.74) is 0.870. The standard InChI is InChI=1S/C20H24N4O6S/c1-14-11-22-16(12-21-14)20(26)30-13-19(25)23-15-6-7-17(29-2)18(10-15)31(27,28)24-8-4-3-5-9-24/h6-7,10-12H,3-5,8-9,13H2,1-2H3,(H,23,25). The van der Waals surface area contributed by atoms with Gasteiger partial charge in [0.25, 0.3) is 5.91 Å². The van der Waals surface area contributed by atoms with Crippen LogP contribution in [0.25, 0.3) is 0 Å². The minimum atomic E-state index is -3.77. The fourth-order valence-corrected chi connectivity index (χ4v) is 4.80. The third-order valence-corrected chi connectivity index (χ3v) is 6.62. The van der Waals surface area contributed by atoms with Gasteiger partial charge < -0.3 is 14.8 Å². The van der Waals surface area contributed by atoms with Crippen LogP contribution in [0.2, 0.25) is 0 Å². The number of benzene rings is 1. The Hall–Kier alpha value is -3.05. The van der Waals surface area contributed by atoms with Crippen molar-refractivity contribution in [3.63, 3.8) is 0 Å². The van der Waals surface area contributed by atoms with Crippen molar-refractivity contribution >= 4 is 27.6 Å². The number of amides is 1. The predicted molar refractivity (Wildman–Crippen MR) is 111 cm³/mol. The molecule has 0 aliphatic carbocycles. The van der Waals surface area contributed by atoms with Gasteiger partial charge in [0, 0.05) is 25.0 Å². The first-order valence-corrected chi connectivity index (χ1v) is 11.2. The van der Waals surface area contributed by atoms with E-state index in [1.165, 1.54) is 42.0 Å². The highest BCUT2D eigenvalue weighted by Crippen LogP contribution is 2.31. The largest absolute Gasteiger partial charge is 0.495 e. The Bertz CT molecular complexity index is 1050. The summed E-state index contributed by atoms with van der Waals surface area (Å²) in [6, 6.07) is 4.33. The van der Waals surface area contributed by atoms with Gasteiger partial charge in [-0.3, -0.25) is 9.78 Å². The highest BCUT2D eigenvalue weighted by Gasteiger charge is 2.29. The second-order valence-electron chi connectivity index (χ2n) is 7.00. The minimum Gasteiger partial charge on any atom is -0.495 e. The third kappa shape index (κ3) is 5.56. The lowest BCUT2D eigenvalue weighted by Gasteiger charge is -2.26. The summed E-state index contributed by atoms with van der Waals surface area (Å²) in [7, 11) is -2.39. The number of nitrogens with one attached hydrogen (secondary N) is 1. The molecule has 1 aromatic heterocycles. The maximum Gasteiger partial charge on any atom is 0.359 e. The smallest absolute Gasteiger partial charge is 0.359 e. The number of carbonyl (C=O) groups is 2. The van der Waals surface area contributed by atoms with Crippen molar-refractivity contribution < 1.29 is 27.5 Å². The molecule has 0 spiro atoms. The lowest BCUT2D eigenvalue weighted by Crippen LogP contribution is -2.35. The molecule has 3 rings (SSSR count). The van der Waals surface area contributed by atoms with Gasteiger partial charge in [-0.25, -0.2) is 18.2 Å². The topological polar surface area (TPSA) is 128 Å². The summed E-state index contributed by atoms with van der Waals surface area (Å²) < 4.78 is 37.7. The van der Waals surface area contributed by atoms with Crippen LogP contribution in [0.4, 0.5) is 5.69 Å². The Kier molecular flexibility index (Phi) is 7.18. The molecular weight excluding hydrogens is 424 g/mol. The molecule has 2 heterocycles. The van der Waals surface area contributed by atoms with Gasteiger partial charge in [0.1, 0.15) is 10.6 Å². The molecule has 166 valence electrons. The number of aryl methyl sites for hydroxylation is 1. The number of methoxy groups -OCH3 is 1. The highest BCUT2D eigenvalue weighted by molar-refractivity contribution is 7.89. The van der Waals surface area contributed by atoms with Gasteiger partial charge in [0.2, 0.25) is 10.0 Å². The number of esters is 1. The lowest BCUT2D eigenvalue weighted by molar-refractivity contribution is -0.119. The number of hydrogen-bond donors (Lipinski definition) is 1. The summed E-state index contributed by atoms with van der Waals surface area (Å²) in [5.74, 6) is -1.22. The summed E-state index contributed by atoms with van der Waals surface area (Å²) in [6.45, 7) is 2.05. The molecule has 1 fully saturated rings. The van der Waals surface area contributed by atoms with Crippen LogP contribution in [0.3, 0.4) is 0 Å². The fraction of sp³-hybridized carbons (Fsp3) is 0.400. The van der Waals surface area contributed by atoms with Gasteiger partial charge in [0.15, 0.2) is 12.3 Å². The summed E-state index contributed by atoms with van der Waals surface area (Å²) in [4.78, 5) is 32.0. The van der Waals surface area contributed by atoms with Crippen molar-refractivity contribution in [1.29, 1.82) is 0 Å². The maximum atomic E-state index is 13.1. The quantitative estimate of drug-likeness (QED) is 0.635. The van der Waals surface area contributed by atoms with E-state index >= 15 is 0 Å². The van der Waals surface area contributed by atoms with Crippen LogP contribution in [-0.2, 0) is 19.6 Å². The molecule has 10 nitrogen and oxygen atoms in total. The van der Waals surface area contributed by atoms with E-state index in [1.54, 1.807) is 6.92 Å². The average molecular weight is 449 g/mol. The first kappa shape index (κ1) is 22.6. The number of aromatic nitrogens is 2. The zero-order chi connectivity index (χ0) is 22.4. The molecular formula is C20H24N4O6S. The number of piperidine rings is 1. The number of rotatable bonds is 7. The molecule has 1 N–H and O–H groups in total. The van der Waals surface area contributed by atoms with E-state index in [4.69, 9.17) is 9.47 Å². The fourth-order valence-electron chi connectivity index (χ4n) is 3.10. The maximum absolute atomic E-state index is 13.1. The van der Waals surface area contributed by atoms with Crippen LogP contribution in [0.5, 0.6) is 5.75 Å². The third-order valence-electron chi connectivity index (χ3n) is 4.70. The zero-order valence-electron chi connectivity index (χ0n) is 17.3. The Balaban J connectivity index is 1.68. The van der Waals surface area contributed by atoms with Crippen molar-refractivity contribution in [1.82, 2.24) is 14.3 Å².